The van der Waals surface area contributed by atoms with Crippen molar-refractivity contribution in [1.29, 1.82) is 0 Å². The van der Waals surface area contributed by atoms with Gasteiger partial charge in [-0.3, -0.25) is 4.79 Å². The molecule has 24 heavy (non-hydrogen) atoms. The van der Waals surface area contributed by atoms with Gasteiger partial charge in [-0.05, 0) is 29.8 Å². The lowest BCUT2D eigenvalue weighted by atomic mass is 10.1. The Labute approximate surface area is 148 Å². The van der Waals surface area contributed by atoms with Crippen molar-refractivity contribution in [2.45, 2.75) is 6.42 Å². The number of piperazine rings is 1. The van der Waals surface area contributed by atoms with Crippen LogP contribution in [-0.2, 0) is 11.2 Å². The van der Waals surface area contributed by atoms with Gasteiger partial charge >= 0.3 is 0 Å². The number of quaternary nitrogens is 1. The molecule has 1 aliphatic rings. The number of anilines is 2. The lowest BCUT2D eigenvalue weighted by Gasteiger charge is -2.33. The highest BCUT2D eigenvalue weighted by atomic mass is 35.5. The molecule has 1 heterocycles. The molecular weight excluding hydrogens is 322 g/mol. The number of likely N-dealkylation sites (N-methyl/N-ethyl adjacent to an activating group) is 1. The summed E-state index contributed by atoms with van der Waals surface area (Å²) in [6, 6.07) is 15.4. The number of hydrogen-bond donors (Lipinski definition) is 2. The predicted molar refractivity (Wildman–Crippen MR) is 99.1 cm³/mol. The third kappa shape index (κ3) is 4.28. The maximum absolute atomic E-state index is 12.4. The van der Waals surface area contributed by atoms with Gasteiger partial charge in [0.05, 0.1) is 51.0 Å². The molecule has 0 bridgehead atoms. The van der Waals surface area contributed by atoms with Gasteiger partial charge in [0.1, 0.15) is 0 Å². The van der Waals surface area contributed by atoms with E-state index in [-0.39, 0.29) is 5.91 Å². The minimum Gasteiger partial charge on any atom is -0.359 e. The third-order valence-corrected chi connectivity index (χ3v) is 4.67. The summed E-state index contributed by atoms with van der Waals surface area (Å²) in [6.07, 6.45) is 0.346. The van der Waals surface area contributed by atoms with Gasteiger partial charge in [0.25, 0.3) is 0 Å². The molecule has 0 unspecified atom stereocenters. The molecule has 2 aromatic rings. The number of amides is 1. The first-order valence-corrected chi connectivity index (χ1v) is 8.69. The molecule has 0 aromatic heterocycles. The van der Waals surface area contributed by atoms with Crippen LogP contribution in [0.2, 0.25) is 5.02 Å². The molecular formula is C19H23ClN3O+. The van der Waals surface area contributed by atoms with E-state index in [4.69, 9.17) is 11.6 Å². The van der Waals surface area contributed by atoms with E-state index in [1.807, 2.05) is 42.5 Å². The molecule has 2 N–H and O–H groups in total. The Kier molecular flexibility index (Phi) is 5.38. The molecule has 5 heteroatoms. The second-order valence-electron chi connectivity index (χ2n) is 6.31. The Morgan fingerprint density at radius 1 is 1.12 bits per heavy atom. The van der Waals surface area contributed by atoms with Crippen molar-refractivity contribution in [2.75, 3.05) is 43.4 Å². The molecule has 0 atom stereocenters. The van der Waals surface area contributed by atoms with Crippen molar-refractivity contribution in [1.82, 2.24) is 0 Å². The van der Waals surface area contributed by atoms with Crippen LogP contribution in [-0.4, -0.2) is 39.1 Å². The fraction of sp³-hybridized carbons (Fsp3) is 0.316. The van der Waals surface area contributed by atoms with Crippen molar-refractivity contribution >= 4 is 28.9 Å². The normalized spacial score (nSPS) is 15.3. The van der Waals surface area contributed by atoms with E-state index in [2.05, 4.69) is 23.3 Å². The number of benzene rings is 2. The zero-order valence-electron chi connectivity index (χ0n) is 13.9. The van der Waals surface area contributed by atoms with E-state index in [0.29, 0.717) is 11.4 Å². The molecule has 2 aromatic carbocycles. The van der Waals surface area contributed by atoms with Gasteiger partial charge in [-0.1, -0.05) is 35.9 Å². The van der Waals surface area contributed by atoms with Crippen molar-refractivity contribution in [2.24, 2.45) is 0 Å². The summed E-state index contributed by atoms with van der Waals surface area (Å²) >= 11 is 5.89. The monoisotopic (exact) mass is 344 g/mol. The Balaban J connectivity index is 1.68. The molecule has 126 valence electrons. The van der Waals surface area contributed by atoms with E-state index >= 15 is 0 Å². The lowest BCUT2D eigenvalue weighted by Crippen LogP contribution is -3.12. The highest BCUT2D eigenvalue weighted by Crippen LogP contribution is 2.25. The van der Waals surface area contributed by atoms with Crippen LogP contribution >= 0.6 is 11.6 Å². The first kappa shape index (κ1) is 16.8. The zero-order chi connectivity index (χ0) is 16.9. The summed E-state index contributed by atoms with van der Waals surface area (Å²) in [4.78, 5) is 16.3. The van der Waals surface area contributed by atoms with Crippen LogP contribution in [0.15, 0.2) is 48.5 Å². The van der Waals surface area contributed by atoms with Crippen molar-refractivity contribution in [3.8, 4) is 0 Å². The molecule has 1 aliphatic heterocycles. The highest BCUT2D eigenvalue weighted by molar-refractivity contribution is 6.30. The van der Waals surface area contributed by atoms with Gasteiger partial charge in [-0.15, -0.1) is 0 Å². The van der Waals surface area contributed by atoms with Gasteiger partial charge in [-0.2, -0.15) is 0 Å². The summed E-state index contributed by atoms with van der Waals surface area (Å²) < 4.78 is 0. The molecule has 1 amide bonds. The van der Waals surface area contributed by atoms with Crippen LogP contribution in [0.25, 0.3) is 0 Å². The lowest BCUT2D eigenvalue weighted by molar-refractivity contribution is -0.880. The Bertz CT molecular complexity index is 694. The summed E-state index contributed by atoms with van der Waals surface area (Å²) in [6.45, 7) is 4.26. The zero-order valence-corrected chi connectivity index (χ0v) is 14.6. The summed E-state index contributed by atoms with van der Waals surface area (Å²) in [7, 11) is 2.22. The molecule has 1 saturated heterocycles. The minimum atomic E-state index is -0.00970. The SMILES string of the molecule is C[NH+]1CCN(c2ccccc2NC(=O)Cc2ccc(Cl)cc2)CC1. The molecule has 0 radical (unpaired) electrons. The second-order valence-corrected chi connectivity index (χ2v) is 6.75. The quantitative estimate of drug-likeness (QED) is 0.888. The molecule has 0 saturated carbocycles. The standard InChI is InChI=1S/C19H22ClN3O/c1-22-10-12-23(13-11-22)18-5-3-2-4-17(18)21-19(24)14-15-6-8-16(20)9-7-15/h2-9H,10-14H2,1H3,(H,21,24)/p+1. The largest absolute Gasteiger partial charge is 0.359 e. The Hall–Kier alpha value is -2.04. The number of nitrogens with zero attached hydrogens (tertiary/aromatic N) is 1. The average molecular weight is 345 g/mol. The average Bonchev–Trinajstić information content (AvgIpc) is 2.58. The first-order chi connectivity index (χ1) is 11.6. The van der Waals surface area contributed by atoms with Crippen molar-refractivity contribution < 1.29 is 9.69 Å². The predicted octanol–water partition coefficient (Wildman–Crippen LogP) is 1.86. The summed E-state index contributed by atoms with van der Waals surface area (Å²) in [5.74, 6) is -0.00970. The molecule has 4 nitrogen and oxygen atoms in total. The van der Waals surface area contributed by atoms with Crippen LogP contribution in [0.3, 0.4) is 0 Å². The van der Waals surface area contributed by atoms with E-state index in [1.54, 1.807) is 4.90 Å². The highest BCUT2D eigenvalue weighted by Gasteiger charge is 2.19. The van der Waals surface area contributed by atoms with E-state index in [0.717, 1.165) is 43.1 Å². The molecule has 3 rings (SSSR count). The van der Waals surface area contributed by atoms with E-state index in [1.165, 1.54) is 0 Å². The fourth-order valence-electron chi connectivity index (χ4n) is 2.97. The van der Waals surface area contributed by atoms with Crippen molar-refractivity contribution in [3.63, 3.8) is 0 Å². The second kappa shape index (κ2) is 7.69. The number of hydrogen-bond acceptors (Lipinski definition) is 2. The minimum absolute atomic E-state index is 0.00970. The molecule has 0 aliphatic carbocycles. The topological polar surface area (TPSA) is 36.8 Å². The van der Waals surface area contributed by atoms with Crippen LogP contribution in [0.5, 0.6) is 0 Å². The van der Waals surface area contributed by atoms with Gasteiger partial charge in [0.2, 0.25) is 5.91 Å². The van der Waals surface area contributed by atoms with Crippen LogP contribution in [0.1, 0.15) is 5.56 Å². The Morgan fingerprint density at radius 2 is 1.79 bits per heavy atom. The van der Waals surface area contributed by atoms with Crippen molar-refractivity contribution in [3.05, 3.63) is 59.1 Å². The number of rotatable bonds is 4. The van der Waals surface area contributed by atoms with Crippen LogP contribution in [0, 0.1) is 0 Å². The summed E-state index contributed by atoms with van der Waals surface area (Å²) in [5.41, 5.74) is 2.95. The number of para-hydroxylation sites is 2. The maximum Gasteiger partial charge on any atom is 0.228 e. The van der Waals surface area contributed by atoms with Gasteiger partial charge < -0.3 is 15.1 Å². The third-order valence-electron chi connectivity index (χ3n) is 4.41. The van der Waals surface area contributed by atoms with E-state index in [9.17, 15) is 4.79 Å². The Morgan fingerprint density at radius 3 is 2.50 bits per heavy atom. The van der Waals surface area contributed by atoms with Crippen LogP contribution in [0.4, 0.5) is 11.4 Å². The molecule has 1 fully saturated rings. The number of nitrogens with one attached hydrogen (secondary N) is 2. The number of halogens is 1. The number of carbonyl (C=O) groups excluding carboxylic acids is 1. The van der Waals surface area contributed by atoms with Gasteiger partial charge in [-0.25, -0.2) is 0 Å². The maximum atomic E-state index is 12.4. The van der Waals surface area contributed by atoms with Gasteiger partial charge in [0, 0.05) is 5.02 Å². The number of carbonyl (C=O) groups is 1. The smallest absolute Gasteiger partial charge is 0.228 e. The first-order valence-electron chi connectivity index (χ1n) is 8.31. The van der Waals surface area contributed by atoms with E-state index < -0.39 is 0 Å². The fourth-order valence-corrected chi connectivity index (χ4v) is 3.09. The van der Waals surface area contributed by atoms with Crippen LogP contribution < -0.4 is 15.1 Å². The molecule has 0 spiro atoms. The summed E-state index contributed by atoms with van der Waals surface area (Å²) in [5, 5.41) is 3.74. The van der Waals surface area contributed by atoms with Gasteiger partial charge in [0.15, 0.2) is 0 Å².